The maximum absolute atomic E-state index is 13.6. The highest BCUT2D eigenvalue weighted by Gasteiger charge is 2.54. The molecule has 29 heavy (non-hydrogen) atoms. The zero-order valence-corrected chi connectivity index (χ0v) is 17.7. The van der Waals surface area contributed by atoms with Gasteiger partial charge in [-0.1, -0.05) is 6.07 Å². The van der Waals surface area contributed by atoms with Gasteiger partial charge in [0.15, 0.2) is 5.78 Å². The minimum Gasteiger partial charge on any atom is -0.478 e. The molecule has 4 bridgehead atoms. The topological polar surface area (TPSA) is 66.4 Å². The normalized spacial score (nSPS) is 35.3. The molecule has 0 aromatic heterocycles. The fourth-order valence-electron chi connectivity index (χ4n) is 7.16. The number of aryl methyl sites for hydroxylation is 1. The van der Waals surface area contributed by atoms with Gasteiger partial charge in [-0.25, -0.2) is 4.79 Å². The molecule has 4 aliphatic carbocycles. The van der Waals surface area contributed by atoms with E-state index < -0.39 is 5.97 Å². The summed E-state index contributed by atoms with van der Waals surface area (Å²) < 4.78 is 0. The molecular weight excluding hydrogens is 362 g/mol. The third-order valence-corrected chi connectivity index (χ3v) is 7.91. The number of nitrogens with one attached hydrogen (secondary N) is 1. The largest absolute Gasteiger partial charge is 0.478 e. The van der Waals surface area contributed by atoms with Crippen molar-refractivity contribution in [1.29, 1.82) is 0 Å². The minimum absolute atomic E-state index is 0.169. The van der Waals surface area contributed by atoms with Crippen molar-refractivity contribution in [2.45, 2.75) is 71.3 Å². The number of rotatable bonds is 3. The van der Waals surface area contributed by atoms with Gasteiger partial charge in [-0.2, -0.15) is 0 Å². The van der Waals surface area contributed by atoms with E-state index in [0.29, 0.717) is 5.56 Å². The summed E-state index contributed by atoms with van der Waals surface area (Å²) in [6.07, 6.45) is 9.74. The summed E-state index contributed by atoms with van der Waals surface area (Å²) in [5.74, 6) is 1.54. The molecule has 1 aromatic rings. The lowest BCUT2D eigenvalue weighted by Gasteiger charge is -2.55. The lowest BCUT2D eigenvalue weighted by Crippen LogP contribution is -2.50. The first-order valence-electron chi connectivity index (χ1n) is 11.1. The van der Waals surface area contributed by atoms with E-state index in [1.165, 1.54) is 19.3 Å². The molecule has 2 N–H and O–H groups in total. The maximum atomic E-state index is 13.6. The standard InChI is InChI=1S/C25H31NO3/c1-14-4-18-13-24(2,3)26-21(20(18)8-19(14)23(28)29)9-22(27)25-10-15-5-16(11-25)7-17(6-15)12-25/h4,8-9,15-17,26H,5-7,10-13H2,1-3H3,(H,28,29). The monoisotopic (exact) mass is 393 g/mol. The molecule has 4 saturated carbocycles. The van der Waals surface area contributed by atoms with E-state index in [1.807, 2.05) is 19.1 Å². The number of carbonyl (C=O) groups excluding carboxylic acids is 1. The van der Waals surface area contributed by atoms with Crippen molar-refractivity contribution in [2.75, 3.05) is 0 Å². The molecule has 1 heterocycles. The van der Waals surface area contributed by atoms with Crippen LogP contribution in [0.3, 0.4) is 0 Å². The summed E-state index contributed by atoms with van der Waals surface area (Å²) in [6, 6.07) is 3.75. The average Bonchev–Trinajstić information content (AvgIpc) is 2.58. The average molecular weight is 394 g/mol. The van der Waals surface area contributed by atoms with E-state index in [4.69, 9.17) is 0 Å². The van der Waals surface area contributed by atoms with Crippen LogP contribution in [0.4, 0.5) is 0 Å². The van der Waals surface area contributed by atoms with Gasteiger partial charge in [-0.3, -0.25) is 4.79 Å². The van der Waals surface area contributed by atoms with Crippen LogP contribution >= 0.6 is 0 Å². The number of ketones is 1. The number of aromatic carboxylic acids is 1. The zero-order valence-electron chi connectivity index (χ0n) is 17.7. The number of benzene rings is 1. The van der Waals surface area contributed by atoms with E-state index in [2.05, 4.69) is 19.2 Å². The Bertz CT molecular complexity index is 904. The fraction of sp³-hybridized carbons (Fsp3) is 0.600. The molecule has 6 rings (SSSR count). The lowest BCUT2D eigenvalue weighted by molar-refractivity contribution is -0.138. The van der Waals surface area contributed by atoms with Gasteiger partial charge < -0.3 is 10.4 Å². The number of carboxylic acid groups (broad SMARTS) is 1. The molecule has 0 radical (unpaired) electrons. The first kappa shape index (κ1) is 18.9. The third kappa shape index (κ3) is 3.12. The van der Waals surface area contributed by atoms with Crippen molar-refractivity contribution in [3.63, 3.8) is 0 Å². The molecule has 4 nitrogen and oxygen atoms in total. The van der Waals surface area contributed by atoms with Crippen LogP contribution in [0.2, 0.25) is 0 Å². The van der Waals surface area contributed by atoms with E-state index in [9.17, 15) is 14.7 Å². The highest BCUT2D eigenvalue weighted by molar-refractivity contribution is 6.02. The summed E-state index contributed by atoms with van der Waals surface area (Å²) in [7, 11) is 0. The van der Waals surface area contributed by atoms with Crippen molar-refractivity contribution < 1.29 is 14.7 Å². The minimum atomic E-state index is -0.915. The molecule has 1 aliphatic heterocycles. The van der Waals surface area contributed by atoms with E-state index in [0.717, 1.165) is 65.8 Å². The van der Waals surface area contributed by atoms with Crippen molar-refractivity contribution in [3.05, 3.63) is 40.5 Å². The molecule has 5 aliphatic rings. The lowest BCUT2D eigenvalue weighted by atomic mass is 9.48. The second-order valence-electron chi connectivity index (χ2n) is 10.9. The Morgan fingerprint density at radius 2 is 1.66 bits per heavy atom. The molecule has 0 amide bonds. The highest BCUT2D eigenvalue weighted by Crippen LogP contribution is 2.60. The smallest absolute Gasteiger partial charge is 0.335 e. The quantitative estimate of drug-likeness (QED) is 0.728. The van der Waals surface area contributed by atoms with Gasteiger partial charge in [0.05, 0.1) is 5.56 Å². The summed E-state index contributed by atoms with van der Waals surface area (Å²) >= 11 is 0. The number of hydrogen-bond donors (Lipinski definition) is 2. The molecular formula is C25H31NO3. The molecule has 0 atom stereocenters. The summed E-state index contributed by atoms with van der Waals surface area (Å²) in [5.41, 5.74) is 3.56. The van der Waals surface area contributed by atoms with Crippen LogP contribution in [-0.2, 0) is 11.2 Å². The van der Waals surface area contributed by atoms with Gasteiger partial charge in [-0.15, -0.1) is 0 Å². The number of carbonyl (C=O) groups is 2. The predicted molar refractivity (Wildman–Crippen MR) is 113 cm³/mol. The Morgan fingerprint density at radius 1 is 1.07 bits per heavy atom. The van der Waals surface area contributed by atoms with Crippen molar-refractivity contribution in [2.24, 2.45) is 23.2 Å². The van der Waals surface area contributed by atoms with Crippen molar-refractivity contribution >= 4 is 17.4 Å². The summed E-state index contributed by atoms with van der Waals surface area (Å²) in [6.45, 7) is 6.13. The number of fused-ring (bicyclic) bond motifs is 1. The zero-order chi connectivity index (χ0) is 20.6. The Kier molecular flexibility index (Phi) is 4.04. The van der Waals surface area contributed by atoms with E-state index in [1.54, 1.807) is 6.07 Å². The summed E-state index contributed by atoms with van der Waals surface area (Å²) in [4.78, 5) is 25.3. The van der Waals surface area contributed by atoms with Crippen molar-refractivity contribution in [1.82, 2.24) is 5.32 Å². The van der Waals surface area contributed by atoms with Crippen LogP contribution in [0.1, 0.15) is 79.4 Å². The van der Waals surface area contributed by atoms with Crippen LogP contribution in [0.25, 0.3) is 5.70 Å². The Labute approximate surface area is 172 Å². The van der Waals surface area contributed by atoms with Gasteiger partial charge in [-0.05, 0) is 101 Å². The first-order chi connectivity index (χ1) is 13.6. The van der Waals surface area contributed by atoms with Gasteiger partial charge in [0.25, 0.3) is 0 Å². The molecule has 154 valence electrons. The van der Waals surface area contributed by atoms with E-state index >= 15 is 0 Å². The van der Waals surface area contributed by atoms with Crippen LogP contribution in [-0.4, -0.2) is 22.4 Å². The Balaban J connectivity index is 1.55. The Morgan fingerprint density at radius 3 is 2.21 bits per heavy atom. The van der Waals surface area contributed by atoms with Crippen LogP contribution < -0.4 is 5.32 Å². The number of allylic oxidation sites excluding steroid dienone is 1. The van der Waals surface area contributed by atoms with Gasteiger partial charge in [0.2, 0.25) is 0 Å². The summed E-state index contributed by atoms with van der Waals surface area (Å²) in [5, 5.41) is 13.1. The highest BCUT2D eigenvalue weighted by atomic mass is 16.4. The first-order valence-corrected chi connectivity index (χ1v) is 11.1. The van der Waals surface area contributed by atoms with Crippen LogP contribution in [0.15, 0.2) is 18.2 Å². The van der Waals surface area contributed by atoms with Crippen LogP contribution in [0, 0.1) is 30.1 Å². The Hall–Kier alpha value is -2.10. The van der Waals surface area contributed by atoms with Gasteiger partial charge in [0.1, 0.15) is 0 Å². The molecule has 4 heteroatoms. The SMILES string of the molecule is Cc1cc2c(cc1C(=O)O)C(=CC(=O)C13CC4CC(CC(C4)C1)C3)NC(C)(C)C2. The number of hydrogen-bond acceptors (Lipinski definition) is 3. The van der Waals surface area contributed by atoms with Gasteiger partial charge in [0, 0.05) is 28.3 Å². The molecule has 1 aromatic carbocycles. The maximum Gasteiger partial charge on any atom is 0.335 e. The fourth-order valence-corrected chi connectivity index (χ4v) is 7.16. The van der Waals surface area contributed by atoms with Crippen LogP contribution in [0.5, 0.6) is 0 Å². The second-order valence-corrected chi connectivity index (χ2v) is 10.9. The second kappa shape index (κ2) is 6.20. The van der Waals surface area contributed by atoms with Gasteiger partial charge >= 0.3 is 5.97 Å². The molecule has 0 saturated heterocycles. The number of carboxylic acids is 1. The molecule has 4 fully saturated rings. The van der Waals surface area contributed by atoms with E-state index in [-0.39, 0.29) is 16.7 Å². The van der Waals surface area contributed by atoms with Crippen molar-refractivity contribution in [3.8, 4) is 0 Å². The molecule has 0 unspecified atom stereocenters. The third-order valence-electron chi connectivity index (χ3n) is 7.91. The predicted octanol–water partition coefficient (Wildman–Crippen LogP) is 4.74. The molecule has 0 spiro atoms.